The molecule has 1 unspecified atom stereocenters. The minimum absolute atomic E-state index is 0.169. The molecule has 8 heteroatoms. The summed E-state index contributed by atoms with van der Waals surface area (Å²) in [5, 5.41) is 9.70. The van der Waals surface area contributed by atoms with Gasteiger partial charge >= 0.3 is 12.0 Å². The quantitative estimate of drug-likeness (QED) is 0.731. The third-order valence-corrected chi connectivity index (χ3v) is 5.50. The van der Waals surface area contributed by atoms with Crippen molar-refractivity contribution in [2.75, 3.05) is 18.0 Å². The molecule has 1 saturated heterocycles. The lowest BCUT2D eigenvalue weighted by Gasteiger charge is -2.20. The van der Waals surface area contributed by atoms with E-state index in [1.165, 1.54) is 16.2 Å². The summed E-state index contributed by atoms with van der Waals surface area (Å²) in [6.07, 6.45) is 0.0972. The number of nitrogens with zero attached hydrogens (tertiary/aromatic N) is 4. The van der Waals surface area contributed by atoms with Crippen LogP contribution >= 0.6 is 11.3 Å². The second-order valence-electron chi connectivity index (χ2n) is 7.46. The fourth-order valence-electron chi connectivity index (χ4n) is 2.76. The maximum Gasteiger partial charge on any atom is 0.340 e. The van der Waals surface area contributed by atoms with Crippen LogP contribution < -0.4 is 4.90 Å². The Balaban J connectivity index is 1.86. The van der Waals surface area contributed by atoms with Crippen LogP contribution in [0.4, 0.5) is 9.93 Å². The van der Waals surface area contributed by atoms with Crippen LogP contribution in [0.15, 0.2) is 30.3 Å². The average molecular weight is 388 g/mol. The number of amides is 2. The van der Waals surface area contributed by atoms with Crippen LogP contribution in [-0.4, -0.2) is 46.4 Å². The first-order valence-electron chi connectivity index (χ1n) is 8.99. The Bertz CT molecular complexity index is 816. The van der Waals surface area contributed by atoms with Gasteiger partial charge in [0.05, 0.1) is 12.1 Å². The van der Waals surface area contributed by atoms with Crippen LogP contribution in [0.5, 0.6) is 0 Å². The molecule has 1 aliphatic heterocycles. The number of rotatable bonds is 5. The molecule has 0 radical (unpaired) electrons. The van der Waals surface area contributed by atoms with Crippen molar-refractivity contribution < 1.29 is 14.3 Å². The monoisotopic (exact) mass is 388 g/mol. The van der Waals surface area contributed by atoms with Crippen molar-refractivity contribution in [2.45, 2.75) is 45.8 Å². The Labute approximate surface area is 163 Å². The molecular weight excluding hydrogens is 364 g/mol. The van der Waals surface area contributed by atoms with Gasteiger partial charge in [0, 0.05) is 12.0 Å². The van der Waals surface area contributed by atoms with Crippen LogP contribution in [0, 0.1) is 0 Å². The van der Waals surface area contributed by atoms with Crippen molar-refractivity contribution in [1.82, 2.24) is 15.1 Å². The zero-order valence-corrected chi connectivity index (χ0v) is 16.8. The van der Waals surface area contributed by atoms with E-state index in [-0.39, 0.29) is 11.4 Å². The molecule has 3 rings (SSSR count). The lowest BCUT2D eigenvalue weighted by Crippen LogP contribution is -2.37. The molecule has 0 spiro atoms. The minimum atomic E-state index is -0.725. The van der Waals surface area contributed by atoms with Gasteiger partial charge in [-0.3, -0.25) is 0 Å². The molecular formula is C19H24N4O3S. The van der Waals surface area contributed by atoms with E-state index in [1.807, 2.05) is 33.8 Å². The second kappa shape index (κ2) is 7.64. The van der Waals surface area contributed by atoms with E-state index in [2.05, 4.69) is 10.2 Å². The number of carbonyl (C=O) groups excluding carboxylic acids is 2. The molecule has 0 bridgehead atoms. The van der Waals surface area contributed by atoms with E-state index in [0.717, 1.165) is 11.4 Å². The number of ether oxygens (including phenoxy) is 1. The van der Waals surface area contributed by atoms with E-state index in [4.69, 9.17) is 4.74 Å². The van der Waals surface area contributed by atoms with E-state index in [1.54, 1.807) is 29.2 Å². The minimum Gasteiger partial charge on any atom is -0.435 e. The molecule has 1 fully saturated rings. The topological polar surface area (TPSA) is 75.6 Å². The van der Waals surface area contributed by atoms with Crippen LogP contribution in [0.3, 0.4) is 0 Å². The molecule has 27 heavy (non-hydrogen) atoms. The summed E-state index contributed by atoms with van der Waals surface area (Å²) >= 11 is 1.35. The Hall–Kier alpha value is -2.48. The van der Waals surface area contributed by atoms with Crippen LogP contribution in [0.25, 0.3) is 0 Å². The number of esters is 1. The predicted molar refractivity (Wildman–Crippen MR) is 104 cm³/mol. The molecule has 7 nitrogen and oxygen atoms in total. The summed E-state index contributed by atoms with van der Waals surface area (Å²) in [6.45, 7) is 9.04. The maximum atomic E-state index is 12.9. The van der Waals surface area contributed by atoms with Gasteiger partial charge < -0.3 is 9.64 Å². The van der Waals surface area contributed by atoms with Gasteiger partial charge in [0.2, 0.25) is 11.4 Å². The highest BCUT2D eigenvalue weighted by molar-refractivity contribution is 7.15. The Kier molecular flexibility index (Phi) is 5.46. The van der Waals surface area contributed by atoms with Gasteiger partial charge in [-0.15, -0.1) is 10.2 Å². The number of urea groups is 1. The number of anilines is 1. The van der Waals surface area contributed by atoms with Crippen LogP contribution in [0.1, 0.15) is 49.5 Å². The molecule has 1 aliphatic rings. The third kappa shape index (κ3) is 4.10. The Morgan fingerprint density at radius 3 is 2.56 bits per heavy atom. The molecule has 0 saturated carbocycles. The molecule has 2 heterocycles. The molecule has 1 aromatic carbocycles. The standard InChI is InChI=1S/C19H24N4O3S/c1-5-11-22-12-14(26-15(24)13-9-7-6-8-10-13)23(18(22)25)17-21-20-16(27-17)19(2,3)4/h6-10,14H,5,11-12H2,1-4H3. The zero-order chi connectivity index (χ0) is 19.6. The molecule has 2 amide bonds. The summed E-state index contributed by atoms with van der Waals surface area (Å²) in [5.41, 5.74) is 0.282. The third-order valence-electron chi connectivity index (χ3n) is 4.15. The normalized spacial score (nSPS) is 17.5. The number of aromatic nitrogens is 2. The van der Waals surface area contributed by atoms with E-state index < -0.39 is 12.2 Å². The first-order valence-corrected chi connectivity index (χ1v) is 9.81. The van der Waals surface area contributed by atoms with Crippen molar-refractivity contribution in [3.8, 4) is 0 Å². The lowest BCUT2D eigenvalue weighted by molar-refractivity contribution is 0.0326. The molecule has 1 atom stereocenters. The maximum absolute atomic E-state index is 12.9. The molecule has 0 aliphatic carbocycles. The number of hydrogen-bond donors (Lipinski definition) is 0. The summed E-state index contributed by atoms with van der Waals surface area (Å²) in [7, 11) is 0. The van der Waals surface area contributed by atoms with Crippen molar-refractivity contribution in [2.24, 2.45) is 0 Å². The van der Waals surface area contributed by atoms with Gasteiger partial charge in [-0.1, -0.05) is 57.2 Å². The summed E-state index contributed by atoms with van der Waals surface area (Å²) < 4.78 is 5.67. The fraction of sp³-hybridized carbons (Fsp3) is 0.474. The first kappa shape index (κ1) is 19.3. The number of carbonyl (C=O) groups is 2. The van der Waals surface area contributed by atoms with Gasteiger partial charge in [0.1, 0.15) is 5.01 Å². The van der Waals surface area contributed by atoms with E-state index in [9.17, 15) is 9.59 Å². The average Bonchev–Trinajstić information content (AvgIpc) is 3.21. The lowest BCUT2D eigenvalue weighted by atomic mass is 9.98. The number of hydrogen-bond acceptors (Lipinski definition) is 6. The largest absolute Gasteiger partial charge is 0.435 e. The summed E-state index contributed by atoms with van der Waals surface area (Å²) in [6, 6.07) is 8.56. The van der Waals surface area contributed by atoms with Gasteiger partial charge in [0.15, 0.2) is 0 Å². The van der Waals surface area contributed by atoms with Gasteiger partial charge in [-0.25, -0.2) is 14.5 Å². The highest BCUT2D eigenvalue weighted by Crippen LogP contribution is 2.33. The van der Waals surface area contributed by atoms with Crippen LogP contribution in [-0.2, 0) is 10.2 Å². The fourth-order valence-corrected chi connectivity index (χ4v) is 3.69. The molecule has 1 aromatic heterocycles. The molecule has 0 N–H and O–H groups in total. The molecule has 144 valence electrons. The predicted octanol–water partition coefficient (Wildman–Crippen LogP) is 3.67. The van der Waals surface area contributed by atoms with Gasteiger partial charge in [-0.2, -0.15) is 0 Å². The highest BCUT2D eigenvalue weighted by Gasteiger charge is 2.42. The molecule has 2 aromatic rings. The Morgan fingerprint density at radius 2 is 1.96 bits per heavy atom. The highest BCUT2D eigenvalue weighted by atomic mass is 32.1. The van der Waals surface area contributed by atoms with E-state index >= 15 is 0 Å². The zero-order valence-electron chi connectivity index (χ0n) is 16.0. The van der Waals surface area contributed by atoms with Gasteiger partial charge in [0.25, 0.3) is 0 Å². The second-order valence-corrected chi connectivity index (χ2v) is 8.42. The Morgan fingerprint density at radius 1 is 1.26 bits per heavy atom. The van der Waals surface area contributed by atoms with Crippen LogP contribution in [0.2, 0.25) is 0 Å². The summed E-state index contributed by atoms with van der Waals surface area (Å²) in [4.78, 5) is 28.5. The van der Waals surface area contributed by atoms with Crippen molar-refractivity contribution >= 4 is 28.5 Å². The first-order chi connectivity index (χ1) is 12.8. The smallest absolute Gasteiger partial charge is 0.340 e. The van der Waals surface area contributed by atoms with Crippen molar-refractivity contribution in [3.63, 3.8) is 0 Å². The summed E-state index contributed by atoms with van der Waals surface area (Å²) in [5.74, 6) is -0.461. The SMILES string of the molecule is CCCN1CC(OC(=O)c2ccccc2)N(c2nnc(C(C)(C)C)s2)C1=O. The van der Waals surface area contributed by atoms with Crippen molar-refractivity contribution in [1.29, 1.82) is 0 Å². The van der Waals surface area contributed by atoms with E-state index in [0.29, 0.717) is 23.8 Å². The van der Waals surface area contributed by atoms with Gasteiger partial charge in [-0.05, 0) is 18.6 Å². The number of benzene rings is 1. The van der Waals surface area contributed by atoms with Crippen molar-refractivity contribution in [3.05, 3.63) is 40.9 Å².